The van der Waals surface area contributed by atoms with Crippen LogP contribution in [-0.2, 0) is 4.79 Å². The highest BCUT2D eigenvalue weighted by molar-refractivity contribution is 5.72. The number of carboxylic acid groups (broad SMARTS) is 1. The first-order chi connectivity index (χ1) is 6.24. The molecule has 2 aliphatic carbocycles. The van der Waals surface area contributed by atoms with E-state index >= 15 is 0 Å². The van der Waals surface area contributed by atoms with Crippen molar-refractivity contribution < 1.29 is 9.90 Å². The highest BCUT2D eigenvalue weighted by atomic mass is 16.4. The van der Waals surface area contributed by atoms with Gasteiger partial charge < -0.3 is 5.11 Å². The lowest BCUT2D eigenvalue weighted by molar-refractivity contribution is -0.143. The molecule has 13 heavy (non-hydrogen) atoms. The van der Waals surface area contributed by atoms with Crippen molar-refractivity contribution in [2.75, 3.05) is 0 Å². The Labute approximate surface area is 78.0 Å². The molecule has 2 heteroatoms. The van der Waals surface area contributed by atoms with Crippen LogP contribution in [-0.4, -0.2) is 11.1 Å². The van der Waals surface area contributed by atoms with Crippen LogP contribution in [0.4, 0.5) is 0 Å². The number of carbonyl (C=O) groups is 1. The molecular weight excluding hydrogens is 164 g/mol. The molecule has 70 valence electrons. The lowest BCUT2D eigenvalue weighted by Crippen LogP contribution is -2.25. The van der Waals surface area contributed by atoms with E-state index in [2.05, 4.69) is 12.2 Å². The SMILES string of the molecule is C/C=C/C1C2C=CC(C2)C1C(=O)O. The van der Waals surface area contributed by atoms with Crippen molar-refractivity contribution >= 4 is 5.97 Å². The quantitative estimate of drug-likeness (QED) is 0.657. The second-order valence-electron chi connectivity index (χ2n) is 3.92. The van der Waals surface area contributed by atoms with Gasteiger partial charge in [-0.1, -0.05) is 24.3 Å². The first kappa shape index (κ1) is 8.54. The van der Waals surface area contributed by atoms with Crippen LogP contribution in [0.15, 0.2) is 24.3 Å². The van der Waals surface area contributed by atoms with Crippen molar-refractivity contribution in [3.63, 3.8) is 0 Å². The molecule has 2 aliphatic rings. The van der Waals surface area contributed by atoms with Gasteiger partial charge in [0.1, 0.15) is 0 Å². The van der Waals surface area contributed by atoms with Crippen molar-refractivity contribution in [1.82, 2.24) is 0 Å². The van der Waals surface area contributed by atoms with Crippen LogP contribution in [0.3, 0.4) is 0 Å². The summed E-state index contributed by atoms with van der Waals surface area (Å²) in [4.78, 5) is 11.0. The number of hydrogen-bond donors (Lipinski definition) is 1. The Morgan fingerprint density at radius 2 is 2.15 bits per heavy atom. The normalized spacial score (nSPS) is 41.9. The van der Waals surface area contributed by atoms with Gasteiger partial charge >= 0.3 is 5.97 Å². The summed E-state index contributed by atoms with van der Waals surface area (Å²) in [6.45, 7) is 1.95. The summed E-state index contributed by atoms with van der Waals surface area (Å²) in [6, 6.07) is 0. The third kappa shape index (κ3) is 1.21. The maximum absolute atomic E-state index is 11.0. The lowest BCUT2D eigenvalue weighted by Gasteiger charge is -2.21. The molecule has 0 aromatic carbocycles. The van der Waals surface area contributed by atoms with Crippen molar-refractivity contribution in [3.05, 3.63) is 24.3 Å². The van der Waals surface area contributed by atoms with Crippen LogP contribution < -0.4 is 0 Å². The number of hydrogen-bond acceptors (Lipinski definition) is 1. The molecular formula is C11H14O2. The van der Waals surface area contributed by atoms with E-state index in [4.69, 9.17) is 5.11 Å². The van der Waals surface area contributed by atoms with E-state index < -0.39 is 5.97 Å². The number of rotatable bonds is 2. The highest BCUT2D eigenvalue weighted by Crippen LogP contribution is 2.48. The number of allylic oxidation sites excluding steroid dienone is 4. The predicted octanol–water partition coefficient (Wildman–Crippen LogP) is 2.09. The third-order valence-corrected chi connectivity index (χ3v) is 3.22. The summed E-state index contributed by atoms with van der Waals surface area (Å²) >= 11 is 0. The van der Waals surface area contributed by atoms with Crippen molar-refractivity contribution in [2.45, 2.75) is 13.3 Å². The van der Waals surface area contributed by atoms with Gasteiger partial charge in [0.15, 0.2) is 0 Å². The van der Waals surface area contributed by atoms with Crippen LogP contribution in [0.1, 0.15) is 13.3 Å². The molecule has 0 heterocycles. The van der Waals surface area contributed by atoms with Crippen molar-refractivity contribution in [2.24, 2.45) is 23.7 Å². The standard InChI is InChI=1S/C11H14O2/c1-2-3-9-7-4-5-8(6-7)10(9)11(12)13/h2-5,7-10H,6H2,1H3,(H,12,13)/b3-2+. The Kier molecular flexibility index (Phi) is 1.98. The minimum atomic E-state index is -0.639. The highest BCUT2D eigenvalue weighted by Gasteiger charge is 2.46. The van der Waals surface area contributed by atoms with Gasteiger partial charge in [-0.2, -0.15) is 0 Å². The molecule has 0 radical (unpaired) electrons. The average Bonchev–Trinajstić information content (AvgIpc) is 2.63. The van der Waals surface area contributed by atoms with Gasteiger partial charge in [0.05, 0.1) is 5.92 Å². The monoisotopic (exact) mass is 178 g/mol. The van der Waals surface area contributed by atoms with Gasteiger partial charge in [0.25, 0.3) is 0 Å². The Bertz CT molecular complexity index is 278. The topological polar surface area (TPSA) is 37.3 Å². The summed E-state index contributed by atoms with van der Waals surface area (Å²) in [5.74, 6) is 0.176. The lowest BCUT2D eigenvalue weighted by atomic mass is 9.83. The fourth-order valence-corrected chi connectivity index (χ4v) is 2.69. The van der Waals surface area contributed by atoms with Gasteiger partial charge in [-0.05, 0) is 31.1 Å². The van der Waals surface area contributed by atoms with Crippen molar-refractivity contribution in [1.29, 1.82) is 0 Å². The molecule has 0 aliphatic heterocycles. The minimum absolute atomic E-state index is 0.175. The van der Waals surface area contributed by atoms with E-state index in [9.17, 15) is 4.79 Å². The molecule has 0 aromatic rings. The molecule has 0 spiro atoms. The number of fused-ring (bicyclic) bond motifs is 2. The van der Waals surface area contributed by atoms with Crippen LogP contribution in [0.5, 0.6) is 0 Å². The van der Waals surface area contributed by atoms with Crippen LogP contribution in [0.2, 0.25) is 0 Å². The van der Waals surface area contributed by atoms with E-state index in [-0.39, 0.29) is 17.8 Å². The van der Waals surface area contributed by atoms with Gasteiger partial charge in [-0.25, -0.2) is 0 Å². The van der Waals surface area contributed by atoms with E-state index in [1.807, 2.05) is 19.1 Å². The third-order valence-electron chi connectivity index (χ3n) is 3.22. The maximum Gasteiger partial charge on any atom is 0.307 e. The zero-order valence-corrected chi connectivity index (χ0v) is 7.68. The second kappa shape index (κ2) is 3.02. The van der Waals surface area contributed by atoms with Crippen LogP contribution in [0.25, 0.3) is 0 Å². The average molecular weight is 178 g/mol. The summed E-state index contributed by atoms with van der Waals surface area (Å²) < 4.78 is 0. The Hall–Kier alpha value is -1.05. The molecule has 1 fully saturated rings. The zero-order valence-electron chi connectivity index (χ0n) is 7.68. The predicted molar refractivity (Wildman–Crippen MR) is 50.2 cm³/mol. The van der Waals surface area contributed by atoms with Crippen molar-refractivity contribution in [3.8, 4) is 0 Å². The second-order valence-corrected chi connectivity index (χ2v) is 3.92. The molecule has 2 nitrogen and oxygen atoms in total. The maximum atomic E-state index is 11.0. The first-order valence-corrected chi connectivity index (χ1v) is 4.78. The number of aliphatic carboxylic acids is 1. The Balaban J connectivity index is 2.25. The van der Waals surface area contributed by atoms with E-state index in [1.54, 1.807) is 0 Å². The fraction of sp³-hybridized carbons (Fsp3) is 0.545. The zero-order chi connectivity index (χ0) is 9.42. The molecule has 2 bridgehead atoms. The van der Waals surface area contributed by atoms with Gasteiger partial charge in [0.2, 0.25) is 0 Å². The van der Waals surface area contributed by atoms with Crippen LogP contribution in [0, 0.1) is 23.7 Å². The van der Waals surface area contributed by atoms with Gasteiger partial charge in [-0.15, -0.1) is 0 Å². The molecule has 1 saturated carbocycles. The summed E-state index contributed by atoms with van der Waals surface area (Å²) in [6.07, 6.45) is 9.30. The minimum Gasteiger partial charge on any atom is -0.481 e. The van der Waals surface area contributed by atoms with Gasteiger partial charge in [0, 0.05) is 0 Å². The Morgan fingerprint density at radius 1 is 1.46 bits per heavy atom. The molecule has 4 unspecified atom stereocenters. The summed E-state index contributed by atoms with van der Waals surface area (Å²) in [5, 5.41) is 9.06. The number of carboxylic acids is 1. The fourth-order valence-electron chi connectivity index (χ4n) is 2.69. The molecule has 2 rings (SSSR count). The smallest absolute Gasteiger partial charge is 0.307 e. The largest absolute Gasteiger partial charge is 0.481 e. The van der Waals surface area contributed by atoms with E-state index in [1.165, 1.54) is 0 Å². The molecule has 4 atom stereocenters. The van der Waals surface area contributed by atoms with E-state index in [0.29, 0.717) is 5.92 Å². The molecule has 0 saturated heterocycles. The summed E-state index contributed by atoms with van der Waals surface area (Å²) in [7, 11) is 0. The van der Waals surface area contributed by atoms with Crippen LogP contribution >= 0.6 is 0 Å². The Morgan fingerprint density at radius 3 is 2.77 bits per heavy atom. The first-order valence-electron chi connectivity index (χ1n) is 4.78. The summed E-state index contributed by atoms with van der Waals surface area (Å²) in [5.41, 5.74) is 0. The molecule has 1 N–H and O–H groups in total. The van der Waals surface area contributed by atoms with Gasteiger partial charge in [-0.3, -0.25) is 4.79 Å². The molecule has 0 amide bonds. The molecule has 0 aromatic heterocycles. The van der Waals surface area contributed by atoms with E-state index in [0.717, 1.165) is 6.42 Å².